The molecule has 15 heteroatoms. The lowest BCUT2D eigenvalue weighted by atomic mass is 9.79. The summed E-state index contributed by atoms with van der Waals surface area (Å²) in [6.07, 6.45) is 13.1. The summed E-state index contributed by atoms with van der Waals surface area (Å²) in [6, 6.07) is 10.9. The van der Waals surface area contributed by atoms with Gasteiger partial charge in [0.25, 0.3) is 0 Å². The SMILES string of the molecule is CC[Si](CC)(CC)O[C@@]1(Cc2nc(/C=C(\C)[C@@H]3O[C@H](CC(OC)OC)[C@H](C)[C@H](OCc4ccc(OC)cc4)[C@H]3C)co2)C[C@H](OC)C[C@H]([C@@H](/C=C(C)/C=C/[C@@H](C/C=C/Br)OC)O[Si](C)(C)C(C)(C)C)O1. The summed E-state index contributed by atoms with van der Waals surface area (Å²) in [5.74, 6) is 0.360. The number of rotatable bonds is 27. The van der Waals surface area contributed by atoms with Crippen LogP contribution in [-0.2, 0) is 55.0 Å². The van der Waals surface area contributed by atoms with Crippen molar-refractivity contribution in [3.63, 3.8) is 0 Å². The van der Waals surface area contributed by atoms with Crippen LogP contribution < -0.4 is 4.74 Å². The molecule has 70 heavy (non-hydrogen) atoms. The van der Waals surface area contributed by atoms with Gasteiger partial charge < -0.3 is 51.2 Å². The van der Waals surface area contributed by atoms with Gasteiger partial charge in [0.05, 0.1) is 62.9 Å². The van der Waals surface area contributed by atoms with Crippen molar-refractivity contribution >= 4 is 38.6 Å². The zero-order valence-corrected chi connectivity index (χ0v) is 49.4. The molecule has 0 aliphatic carbocycles. The monoisotopic (exact) mass is 1080 g/mol. The number of ether oxygens (including phenoxy) is 8. The molecular weight excluding hydrogens is 987 g/mol. The minimum atomic E-state index is -2.32. The molecule has 0 spiro atoms. The summed E-state index contributed by atoms with van der Waals surface area (Å²) in [6.45, 7) is 27.2. The Morgan fingerprint density at radius 3 is 2.20 bits per heavy atom. The quantitative estimate of drug-likeness (QED) is 0.0481. The maximum absolute atomic E-state index is 7.57. The first kappa shape index (κ1) is 60.3. The van der Waals surface area contributed by atoms with E-state index in [9.17, 15) is 0 Å². The molecule has 3 heterocycles. The normalized spacial score (nSPS) is 26.4. The van der Waals surface area contributed by atoms with E-state index in [-0.39, 0.29) is 59.6 Å². The van der Waals surface area contributed by atoms with E-state index in [4.69, 9.17) is 56.1 Å². The zero-order chi connectivity index (χ0) is 51.9. The summed E-state index contributed by atoms with van der Waals surface area (Å²) in [5, 5.41) is -0.0369. The minimum Gasteiger partial charge on any atom is -0.497 e. The lowest BCUT2D eigenvalue weighted by molar-refractivity contribution is -0.276. The number of aromatic nitrogens is 1. The van der Waals surface area contributed by atoms with Crippen LogP contribution in [0.4, 0.5) is 0 Å². The highest BCUT2D eigenvalue weighted by atomic mass is 79.9. The molecule has 12 nitrogen and oxygen atoms in total. The van der Waals surface area contributed by atoms with Crippen molar-refractivity contribution in [2.45, 2.75) is 199 Å². The van der Waals surface area contributed by atoms with Gasteiger partial charge in [-0.25, -0.2) is 4.98 Å². The van der Waals surface area contributed by atoms with Crippen LogP contribution in [0.25, 0.3) is 6.08 Å². The summed E-state index contributed by atoms with van der Waals surface area (Å²) in [4.78, 5) is 7.00. The molecule has 396 valence electrons. The van der Waals surface area contributed by atoms with Crippen molar-refractivity contribution in [1.82, 2.24) is 4.98 Å². The molecule has 10 atom stereocenters. The van der Waals surface area contributed by atoms with Gasteiger partial charge in [-0.1, -0.05) is 113 Å². The van der Waals surface area contributed by atoms with Gasteiger partial charge in [-0.05, 0) is 90.9 Å². The van der Waals surface area contributed by atoms with Crippen LogP contribution in [0, 0.1) is 11.8 Å². The predicted molar refractivity (Wildman–Crippen MR) is 289 cm³/mol. The second kappa shape index (κ2) is 27.9. The molecule has 0 saturated carbocycles. The number of hydrogen-bond acceptors (Lipinski definition) is 12. The van der Waals surface area contributed by atoms with Crippen LogP contribution in [0.1, 0.15) is 112 Å². The van der Waals surface area contributed by atoms with Gasteiger partial charge in [0, 0.05) is 59.5 Å². The Bertz CT molecular complexity index is 1970. The zero-order valence-electron chi connectivity index (χ0n) is 45.8. The molecule has 4 rings (SSSR count). The Morgan fingerprint density at radius 1 is 0.957 bits per heavy atom. The van der Waals surface area contributed by atoms with E-state index in [0.717, 1.165) is 47.0 Å². The summed E-state index contributed by atoms with van der Waals surface area (Å²) >= 11 is 3.39. The van der Waals surface area contributed by atoms with E-state index in [1.165, 1.54) is 0 Å². The van der Waals surface area contributed by atoms with Crippen LogP contribution in [0.2, 0.25) is 36.3 Å². The largest absolute Gasteiger partial charge is 0.497 e. The van der Waals surface area contributed by atoms with Gasteiger partial charge in [0.1, 0.15) is 17.7 Å². The molecule has 2 saturated heterocycles. The number of allylic oxidation sites excluding steroid dienone is 2. The number of nitrogens with zero attached hydrogens (tertiary/aromatic N) is 1. The molecule has 0 N–H and O–H groups in total. The van der Waals surface area contributed by atoms with E-state index >= 15 is 0 Å². The van der Waals surface area contributed by atoms with Crippen molar-refractivity contribution < 1.29 is 51.2 Å². The summed E-state index contributed by atoms with van der Waals surface area (Å²) in [7, 11) is 3.90. The number of halogens is 1. The van der Waals surface area contributed by atoms with Gasteiger partial charge >= 0.3 is 0 Å². The molecule has 0 amide bonds. The molecule has 0 radical (unpaired) electrons. The third kappa shape index (κ3) is 16.6. The fourth-order valence-electron chi connectivity index (χ4n) is 9.57. The second-order valence-corrected chi connectivity index (χ2v) is 31.0. The number of hydrogen-bond donors (Lipinski definition) is 0. The van der Waals surface area contributed by atoms with Crippen molar-refractivity contribution in [2.24, 2.45) is 11.8 Å². The summed E-state index contributed by atoms with van der Waals surface area (Å²) < 4.78 is 71.3. The Kier molecular flexibility index (Phi) is 24.0. The fourth-order valence-corrected chi connectivity index (χ4v) is 14.0. The average Bonchev–Trinajstić information content (AvgIpc) is 3.77. The summed E-state index contributed by atoms with van der Waals surface area (Å²) in [5.41, 5.74) is 3.85. The number of oxazole rings is 1. The van der Waals surface area contributed by atoms with Crippen molar-refractivity contribution in [2.75, 3.05) is 35.5 Å². The Hall–Kier alpha value is -2.26. The second-order valence-electron chi connectivity index (χ2n) is 21.0. The Balaban J connectivity index is 1.73. The van der Waals surface area contributed by atoms with Crippen molar-refractivity contribution in [1.29, 1.82) is 0 Å². The molecule has 0 bridgehead atoms. The molecular formula is C55H90BrNO11Si2. The molecule has 1 aromatic heterocycles. The maximum Gasteiger partial charge on any atom is 0.199 e. The number of benzene rings is 1. The van der Waals surface area contributed by atoms with Gasteiger partial charge in [-0.2, -0.15) is 0 Å². The first-order valence-electron chi connectivity index (χ1n) is 25.5. The van der Waals surface area contributed by atoms with Gasteiger partial charge in [-0.15, -0.1) is 0 Å². The maximum atomic E-state index is 7.57. The predicted octanol–water partition coefficient (Wildman–Crippen LogP) is 13.4. The Labute approximate surface area is 433 Å². The molecule has 2 aliphatic rings. The number of methoxy groups -OCH3 is 5. The molecule has 2 aromatic rings. The van der Waals surface area contributed by atoms with Crippen molar-refractivity contribution in [3.05, 3.63) is 88.1 Å². The lowest BCUT2D eigenvalue weighted by Crippen LogP contribution is -2.59. The van der Waals surface area contributed by atoms with E-state index in [1.807, 2.05) is 35.3 Å². The van der Waals surface area contributed by atoms with E-state index in [0.29, 0.717) is 43.9 Å². The first-order chi connectivity index (χ1) is 33.2. The van der Waals surface area contributed by atoms with E-state index < -0.39 is 28.7 Å². The van der Waals surface area contributed by atoms with Gasteiger partial charge in [-0.3, -0.25) is 0 Å². The third-order valence-corrected chi connectivity index (χ3v) is 24.7. The first-order valence-corrected chi connectivity index (χ1v) is 31.8. The van der Waals surface area contributed by atoms with Crippen LogP contribution in [0.15, 0.2) is 75.4 Å². The lowest BCUT2D eigenvalue weighted by Gasteiger charge is -2.50. The standard InChI is InChI=1S/C55H90BrNO11Si2/c1-18-70(19-2,20-3)68-55(34-46(60-13)32-48(66-55)49(67-69(16,17)54(8,9)10)30-38(4)23-26-44(58-11)22-21-29-56)35-50-57-43(37-63-50)31-39(5)52-41(7)53(40(6)47(65-52)33-51(61-14)62-15)64-36-42-24-27-45(59-12)28-25-42/h21,23-31,37,40-41,44,46-49,51-53H,18-20,22,32-36H2,1-17H3/b26-23+,29-21+,38-30+,39-31+/t40-,41-,44+,46+,47+,48+,49+,52-,53-,55+/m0/s1. The highest BCUT2D eigenvalue weighted by molar-refractivity contribution is 9.11. The van der Waals surface area contributed by atoms with E-state index in [2.05, 4.69) is 123 Å². The van der Waals surface area contributed by atoms with Crippen LogP contribution in [-0.4, -0.2) is 112 Å². The molecule has 2 fully saturated rings. The van der Waals surface area contributed by atoms with Gasteiger partial charge in [0.15, 0.2) is 34.6 Å². The molecule has 0 unspecified atom stereocenters. The van der Waals surface area contributed by atoms with Gasteiger partial charge in [0.2, 0.25) is 0 Å². The van der Waals surface area contributed by atoms with Crippen LogP contribution in [0.3, 0.4) is 0 Å². The van der Waals surface area contributed by atoms with Crippen LogP contribution in [0.5, 0.6) is 5.75 Å². The van der Waals surface area contributed by atoms with Crippen LogP contribution >= 0.6 is 15.9 Å². The molecule has 2 aliphatic heterocycles. The topological polar surface area (TPSA) is 118 Å². The Morgan fingerprint density at radius 2 is 1.63 bits per heavy atom. The molecule has 1 aromatic carbocycles. The average molecular weight is 1080 g/mol. The van der Waals surface area contributed by atoms with Crippen molar-refractivity contribution in [3.8, 4) is 5.75 Å². The smallest absolute Gasteiger partial charge is 0.199 e. The minimum absolute atomic E-state index is 0.0218. The highest BCUT2D eigenvalue weighted by Crippen LogP contribution is 2.44. The fraction of sp³-hybridized carbons (Fsp3) is 0.691. The third-order valence-electron chi connectivity index (χ3n) is 15.2. The highest BCUT2D eigenvalue weighted by Gasteiger charge is 2.52. The van der Waals surface area contributed by atoms with E-state index in [1.54, 1.807) is 41.8 Å².